The average molecular weight is 309 g/mol. The molecule has 1 fully saturated rings. The number of ether oxygens (including phenoxy) is 1. The van der Waals surface area contributed by atoms with Crippen molar-refractivity contribution in [3.05, 3.63) is 28.2 Å². The highest BCUT2D eigenvalue weighted by Gasteiger charge is 2.26. The Kier molecular flexibility index (Phi) is 4.62. The fraction of sp³-hybridized carbons (Fsp3) is 0.500. The SMILES string of the molecule is N#Cc1ccc(Br)cc1OC1CCCCC1CN. The lowest BCUT2D eigenvalue weighted by molar-refractivity contribution is 0.0966. The van der Waals surface area contributed by atoms with Crippen LogP contribution in [-0.4, -0.2) is 12.6 Å². The van der Waals surface area contributed by atoms with Crippen LogP contribution in [0.15, 0.2) is 22.7 Å². The van der Waals surface area contributed by atoms with Gasteiger partial charge in [-0.3, -0.25) is 0 Å². The highest BCUT2D eigenvalue weighted by Crippen LogP contribution is 2.30. The van der Waals surface area contributed by atoms with E-state index in [4.69, 9.17) is 15.7 Å². The van der Waals surface area contributed by atoms with Gasteiger partial charge in [-0.1, -0.05) is 22.4 Å². The zero-order valence-corrected chi connectivity index (χ0v) is 11.8. The summed E-state index contributed by atoms with van der Waals surface area (Å²) < 4.78 is 6.96. The van der Waals surface area contributed by atoms with Crippen molar-refractivity contribution >= 4 is 15.9 Å². The molecule has 0 amide bonds. The third-order valence-electron chi connectivity index (χ3n) is 3.48. The largest absolute Gasteiger partial charge is 0.489 e. The van der Waals surface area contributed by atoms with Gasteiger partial charge in [-0.2, -0.15) is 5.26 Å². The van der Waals surface area contributed by atoms with E-state index in [1.54, 1.807) is 6.07 Å². The molecule has 1 aromatic rings. The number of hydrogen-bond acceptors (Lipinski definition) is 3. The summed E-state index contributed by atoms with van der Waals surface area (Å²) in [6.45, 7) is 0.653. The minimum Gasteiger partial charge on any atom is -0.489 e. The second-order valence-corrected chi connectivity index (χ2v) is 5.60. The van der Waals surface area contributed by atoms with Gasteiger partial charge in [-0.05, 0) is 44.0 Å². The van der Waals surface area contributed by atoms with Crippen molar-refractivity contribution in [1.82, 2.24) is 0 Å². The van der Waals surface area contributed by atoms with Crippen LogP contribution in [0.5, 0.6) is 5.75 Å². The summed E-state index contributed by atoms with van der Waals surface area (Å²) in [5, 5.41) is 9.09. The maximum absolute atomic E-state index is 9.09. The molecule has 2 atom stereocenters. The van der Waals surface area contributed by atoms with Crippen LogP contribution < -0.4 is 10.5 Å². The molecule has 1 aliphatic rings. The monoisotopic (exact) mass is 308 g/mol. The number of halogens is 1. The maximum atomic E-state index is 9.09. The van der Waals surface area contributed by atoms with Gasteiger partial charge in [0.1, 0.15) is 17.9 Å². The van der Waals surface area contributed by atoms with Crippen LogP contribution in [0, 0.1) is 17.2 Å². The van der Waals surface area contributed by atoms with Crippen molar-refractivity contribution < 1.29 is 4.74 Å². The van der Waals surface area contributed by atoms with Crippen molar-refractivity contribution in [2.75, 3.05) is 6.54 Å². The van der Waals surface area contributed by atoms with Gasteiger partial charge in [0.15, 0.2) is 0 Å². The van der Waals surface area contributed by atoms with Crippen LogP contribution in [0.3, 0.4) is 0 Å². The van der Waals surface area contributed by atoms with Crippen LogP contribution in [-0.2, 0) is 0 Å². The van der Waals surface area contributed by atoms with Gasteiger partial charge in [-0.15, -0.1) is 0 Å². The summed E-state index contributed by atoms with van der Waals surface area (Å²) >= 11 is 3.41. The number of nitriles is 1. The van der Waals surface area contributed by atoms with Gasteiger partial charge in [-0.25, -0.2) is 0 Å². The molecule has 1 aromatic carbocycles. The van der Waals surface area contributed by atoms with E-state index in [0.717, 1.165) is 17.3 Å². The highest BCUT2D eigenvalue weighted by atomic mass is 79.9. The first-order chi connectivity index (χ1) is 8.74. The minimum atomic E-state index is 0.144. The fourth-order valence-corrected chi connectivity index (χ4v) is 2.79. The number of hydrogen-bond donors (Lipinski definition) is 1. The number of nitrogens with zero attached hydrogens (tertiary/aromatic N) is 1. The molecule has 2 unspecified atom stereocenters. The van der Waals surface area contributed by atoms with Crippen molar-refractivity contribution in [3.63, 3.8) is 0 Å². The zero-order valence-electron chi connectivity index (χ0n) is 10.2. The van der Waals surface area contributed by atoms with Crippen molar-refractivity contribution in [1.29, 1.82) is 5.26 Å². The van der Waals surface area contributed by atoms with E-state index < -0.39 is 0 Å². The van der Waals surface area contributed by atoms with Crippen LogP contribution in [0.1, 0.15) is 31.2 Å². The van der Waals surface area contributed by atoms with Gasteiger partial charge in [0.05, 0.1) is 5.56 Å². The molecular formula is C14H17BrN2O. The second kappa shape index (κ2) is 6.21. The molecule has 0 aliphatic heterocycles. The van der Waals surface area contributed by atoms with Crippen LogP contribution in [0.4, 0.5) is 0 Å². The molecule has 0 saturated heterocycles. The summed E-state index contributed by atoms with van der Waals surface area (Å²) in [5.74, 6) is 1.07. The molecule has 0 radical (unpaired) electrons. The van der Waals surface area contributed by atoms with Crippen LogP contribution in [0.2, 0.25) is 0 Å². The summed E-state index contributed by atoms with van der Waals surface area (Å²) in [6, 6.07) is 7.66. The zero-order chi connectivity index (χ0) is 13.0. The lowest BCUT2D eigenvalue weighted by atomic mass is 9.86. The number of nitrogens with two attached hydrogens (primary N) is 1. The first-order valence-electron chi connectivity index (χ1n) is 6.31. The summed E-state index contributed by atoms with van der Waals surface area (Å²) in [5.41, 5.74) is 6.38. The van der Waals surface area contributed by atoms with Crippen LogP contribution in [0.25, 0.3) is 0 Å². The van der Waals surface area contributed by atoms with E-state index in [2.05, 4.69) is 22.0 Å². The molecule has 0 bridgehead atoms. The lowest BCUT2D eigenvalue weighted by Crippen LogP contribution is -2.35. The topological polar surface area (TPSA) is 59.0 Å². The Morgan fingerprint density at radius 1 is 1.39 bits per heavy atom. The summed E-state index contributed by atoms with van der Waals surface area (Å²) in [7, 11) is 0. The Bertz CT molecular complexity index is 456. The Morgan fingerprint density at radius 2 is 2.17 bits per heavy atom. The Labute approximate surface area is 116 Å². The number of rotatable bonds is 3. The van der Waals surface area contributed by atoms with Crippen molar-refractivity contribution in [3.8, 4) is 11.8 Å². The first-order valence-corrected chi connectivity index (χ1v) is 7.10. The van der Waals surface area contributed by atoms with E-state index >= 15 is 0 Å². The molecule has 0 aromatic heterocycles. The molecule has 0 heterocycles. The maximum Gasteiger partial charge on any atom is 0.138 e. The third-order valence-corrected chi connectivity index (χ3v) is 3.98. The van der Waals surface area contributed by atoms with Gasteiger partial charge >= 0.3 is 0 Å². The molecule has 2 N–H and O–H groups in total. The smallest absolute Gasteiger partial charge is 0.138 e. The van der Waals surface area contributed by atoms with Gasteiger partial charge in [0.2, 0.25) is 0 Å². The Hall–Kier alpha value is -1.05. The quantitative estimate of drug-likeness (QED) is 0.932. The molecule has 18 heavy (non-hydrogen) atoms. The fourth-order valence-electron chi connectivity index (χ4n) is 2.45. The normalized spacial score (nSPS) is 23.4. The Balaban J connectivity index is 2.17. The van der Waals surface area contributed by atoms with E-state index in [9.17, 15) is 0 Å². The van der Waals surface area contributed by atoms with Gasteiger partial charge < -0.3 is 10.5 Å². The lowest BCUT2D eigenvalue weighted by Gasteiger charge is -2.31. The van der Waals surface area contributed by atoms with Crippen LogP contribution >= 0.6 is 15.9 Å². The van der Waals surface area contributed by atoms with E-state index in [-0.39, 0.29) is 6.10 Å². The molecule has 0 spiro atoms. The van der Waals surface area contributed by atoms with Crippen molar-refractivity contribution in [2.24, 2.45) is 11.7 Å². The highest BCUT2D eigenvalue weighted by molar-refractivity contribution is 9.10. The predicted molar refractivity (Wildman–Crippen MR) is 74.3 cm³/mol. The molecule has 1 saturated carbocycles. The summed E-state index contributed by atoms with van der Waals surface area (Å²) in [4.78, 5) is 0. The third kappa shape index (κ3) is 3.04. The van der Waals surface area contributed by atoms with E-state index in [0.29, 0.717) is 23.8 Å². The van der Waals surface area contributed by atoms with Crippen molar-refractivity contribution in [2.45, 2.75) is 31.8 Å². The predicted octanol–water partition coefficient (Wildman–Crippen LogP) is 3.22. The molecule has 2 rings (SSSR count). The van der Waals surface area contributed by atoms with Gasteiger partial charge in [0.25, 0.3) is 0 Å². The van der Waals surface area contributed by atoms with E-state index in [1.807, 2.05) is 12.1 Å². The van der Waals surface area contributed by atoms with E-state index in [1.165, 1.54) is 12.8 Å². The molecule has 1 aliphatic carbocycles. The minimum absolute atomic E-state index is 0.144. The molecular weight excluding hydrogens is 292 g/mol. The Morgan fingerprint density at radius 3 is 2.89 bits per heavy atom. The average Bonchev–Trinajstić information content (AvgIpc) is 2.40. The molecule has 3 nitrogen and oxygen atoms in total. The first kappa shape index (κ1) is 13.4. The standard InChI is InChI=1S/C14H17BrN2O/c15-12-6-5-11(9-17)14(7-12)18-13-4-2-1-3-10(13)8-16/h5-7,10,13H,1-4,8,16H2. The second-order valence-electron chi connectivity index (χ2n) is 4.69. The molecule has 96 valence electrons. The summed E-state index contributed by atoms with van der Waals surface area (Å²) in [6.07, 6.45) is 4.70. The number of benzene rings is 1. The van der Waals surface area contributed by atoms with Gasteiger partial charge in [0, 0.05) is 10.4 Å². The molecule has 4 heteroatoms.